The van der Waals surface area contributed by atoms with Crippen molar-refractivity contribution in [3.8, 4) is 11.5 Å². The number of halogens is 2. The van der Waals surface area contributed by atoms with Gasteiger partial charge in [-0.15, -0.1) is 0 Å². The first kappa shape index (κ1) is 21.0. The molecule has 1 aromatic heterocycles. The van der Waals surface area contributed by atoms with Crippen LogP contribution >= 0.6 is 0 Å². The Morgan fingerprint density at radius 1 is 1.10 bits per heavy atom. The van der Waals surface area contributed by atoms with Gasteiger partial charge in [-0.05, 0) is 42.0 Å². The zero-order chi connectivity index (χ0) is 21.5. The summed E-state index contributed by atoms with van der Waals surface area (Å²) in [4.78, 5) is 22.5. The van der Waals surface area contributed by atoms with Crippen molar-refractivity contribution in [2.75, 3.05) is 19.5 Å². The van der Waals surface area contributed by atoms with Gasteiger partial charge in [0.2, 0.25) is 5.95 Å². The first-order valence-electron chi connectivity index (χ1n) is 8.97. The fourth-order valence-electron chi connectivity index (χ4n) is 2.79. The lowest BCUT2D eigenvalue weighted by Crippen LogP contribution is -2.26. The number of rotatable bonds is 8. The Balaban J connectivity index is 1.71. The van der Waals surface area contributed by atoms with Crippen LogP contribution in [-0.2, 0) is 6.54 Å². The smallest absolute Gasteiger partial charge is 0.387 e. The fraction of sp³-hybridized carbons (Fsp3) is 0.190. The van der Waals surface area contributed by atoms with E-state index in [1.807, 2.05) is 0 Å². The molecule has 3 rings (SSSR count). The highest BCUT2D eigenvalue weighted by atomic mass is 19.3. The van der Waals surface area contributed by atoms with Crippen molar-refractivity contribution < 1.29 is 23.0 Å². The zero-order valence-corrected chi connectivity index (χ0v) is 16.4. The normalized spacial score (nSPS) is 10.6. The summed E-state index contributed by atoms with van der Waals surface area (Å²) < 4.78 is 34.5. The average Bonchev–Trinajstić information content (AvgIpc) is 2.74. The molecule has 0 saturated heterocycles. The quantitative estimate of drug-likeness (QED) is 0.598. The van der Waals surface area contributed by atoms with E-state index in [-0.39, 0.29) is 24.0 Å². The van der Waals surface area contributed by atoms with E-state index in [9.17, 15) is 13.6 Å². The van der Waals surface area contributed by atoms with Crippen LogP contribution < -0.4 is 14.8 Å². The predicted molar refractivity (Wildman–Crippen MR) is 107 cm³/mol. The third kappa shape index (κ3) is 5.40. The molecule has 156 valence electrons. The molecule has 0 fully saturated rings. The number of anilines is 2. The molecule has 0 bridgehead atoms. The van der Waals surface area contributed by atoms with E-state index in [0.717, 1.165) is 0 Å². The summed E-state index contributed by atoms with van der Waals surface area (Å²) in [6.45, 7) is -2.69. The number of hydrogen-bond donors (Lipinski definition) is 1. The number of carbonyl (C=O) groups excluding carboxylic acids is 1. The molecular formula is C21H20F2N4O3. The van der Waals surface area contributed by atoms with Crippen LogP contribution in [0.2, 0.25) is 0 Å². The minimum absolute atomic E-state index is 0.0628. The topological polar surface area (TPSA) is 76.6 Å². The lowest BCUT2D eigenvalue weighted by Gasteiger charge is -2.19. The summed E-state index contributed by atoms with van der Waals surface area (Å²) >= 11 is 0. The molecular weight excluding hydrogens is 394 g/mol. The third-order valence-electron chi connectivity index (χ3n) is 4.14. The molecule has 1 amide bonds. The van der Waals surface area contributed by atoms with Gasteiger partial charge in [0.1, 0.15) is 0 Å². The molecule has 0 saturated carbocycles. The number of hydrogen-bond acceptors (Lipinski definition) is 6. The molecule has 30 heavy (non-hydrogen) atoms. The number of methoxy groups -OCH3 is 1. The Labute approximate surface area is 172 Å². The van der Waals surface area contributed by atoms with E-state index in [2.05, 4.69) is 20.0 Å². The van der Waals surface area contributed by atoms with Gasteiger partial charge in [-0.3, -0.25) is 4.79 Å². The standard InChI is InChI=1S/C21H20F2N4O3/c1-27(13-14-7-8-17(30-20(22)23)18(11-14)29-2)19(28)15-5-3-6-16(12-15)26-21-24-9-4-10-25-21/h3-12,20H,13H2,1-2H3,(H,24,25,26). The Bertz CT molecular complexity index is 1000. The Kier molecular flexibility index (Phi) is 6.74. The van der Waals surface area contributed by atoms with Gasteiger partial charge in [-0.25, -0.2) is 9.97 Å². The van der Waals surface area contributed by atoms with Gasteiger partial charge in [0.25, 0.3) is 5.91 Å². The van der Waals surface area contributed by atoms with E-state index in [4.69, 9.17) is 4.74 Å². The molecule has 0 radical (unpaired) electrons. The molecule has 1 N–H and O–H groups in total. The largest absolute Gasteiger partial charge is 0.493 e. The monoisotopic (exact) mass is 414 g/mol. The fourth-order valence-corrected chi connectivity index (χ4v) is 2.79. The number of nitrogens with zero attached hydrogens (tertiary/aromatic N) is 3. The molecule has 1 heterocycles. The van der Waals surface area contributed by atoms with Crippen molar-refractivity contribution in [2.45, 2.75) is 13.2 Å². The molecule has 0 aliphatic heterocycles. The zero-order valence-electron chi connectivity index (χ0n) is 16.4. The maximum Gasteiger partial charge on any atom is 0.387 e. The summed E-state index contributed by atoms with van der Waals surface area (Å²) in [6.07, 6.45) is 3.23. The minimum Gasteiger partial charge on any atom is -0.493 e. The molecule has 0 atom stereocenters. The first-order chi connectivity index (χ1) is 14.5. The Morgan fingerprint density at radius 2 is 1.87 bits per heavy atom. The van der Waals surface area contributed by atoms with Gasteiger partial charge in [-0.2, -0.15) is 8.78 Å². The summed E-state index contributed by atoms with van der Waals surface area (Å²) in [5, 5.41) is 3.04. The van der Waals surface area contributed by atoms with Crippen LogP contribution in [0.15, 0.2) is 60.9 Å². The van der Waals surface area contributed by atoms with Crippen LogP contribution in [0.4, 0.5) is 20.4 Å². The molecule has 2 aromatic carbocycles. The number of alkyl halides is 2. The third-order valence-corrected chi connectivity index (χ3v) is 4.14. The van der Waals surface area contributed by atoms with Crippen LogP contribution in [0.5, 0.6) is 11.5 Å². The van der Waals surface area contributed by atoms with Crippen LogP contribution in [0.1, 0.15) is 15.9 Å². The maximum atomic E-state index is 12.8. The van der Waals surface area contributed by atoms with Crippen molar-refractivity contribution in [1.82, 2.24) is 14.9 Å². The van der Waals surface area contributed by atoms with E-state index in [1.54, 1.807) is 61.9 Å². The van der Waals surface area contributed by atoms with Gasteiger partial charge in [0.15, 0.2) is 11.5 Å². The maximum absolute atomic E-state index is 12.8. The number of amides is 1. The number of carbonyl (C=O) groups is 1. The Morgan fingerprint density at radius 3 is 2.57 bits per heavy atom. The second-order valence-corrected chi connectivity index (χ2v) is 6.30. The summed E-state index contributed by atoms with van der Waals surface area (Å²) in [5.74, 6) is 0.322. The highest BCUT2D eigenvalue weighted by Crippen LogP contribution is 2.30. The number of nitrogens with one attached hydrogen (secondary N) is 1. The number of ether oxygens (including phenoxy) is 2. The lowest BCUT2D eigenvalue weighted by atomic mass is 10.1. The lowest BCUT2D eigenvalue weighted by molar-refractivity contribution is -0.0512. The highest BCUT2D eigenvalue weighted by molar-refractivity contribution is 5.95. The molecule has 0 spiro atoms. The second-order valence-electron chi connectivity index (χ2n) is 6.30. The predicted octanol–water partition coefficient (Wildman–Crippen LogP) is 4.10. The van der Waals surface area contributed by atoms with Crippen molar-refractivity contribution in [3.63, 3.8) is 0 Å². The minimum atomic E-state index is -2.95. The first-order valence-corrected chi connectivity index (χ1v) is 8.97. The van der Waals surface area contributed by atoms with Crippen LogP contribution in [0.3, 0.4) is 0 Å². The van der Waals surface area contributed by atoms with E-state index in [0.29, 0.717) is 22.8 Å². The molecule has 0 aliphatic carbocycles. The van der Waals surface area contributed by atoms with Gasteiger partial charge < -0.3 is 19.7 Å². The molecule has 3 aromatic rings. The summed E-state index contributed by atoms with van der Waals surface area (Å²) in [6, 6.07) is 13.2. The molecule has 0 aliphatic rings. The van der Waals surface area contributed by atoms with Crippen LogP contribution in [0, 0.1) is 0 Å². The van der Waals surface area contributed by atoms with Crippen LogP contribution in [0.25, 0.3) is 0 Å². The van der Waals surface area contributed by atoms with Gasteiger partial charge in [0, 0.05) is 37.2 Å². The molecule has 0 unspecified atom stereocenters. The van der Waals surface area contributed by atoms with Gasteiger partial charge in [-0.1, -0.05) is 12.1 Å². The number of aromatic nitrogens is 2. The van der Waals surface area contributed by atoms with Crippen molar-refractivity contribution in [3.05, 3.63) is 72.1 Å². The van der Waals surface area contributed by atoms with Crippen molar-refractivity contribution in [2.24, 2.45) is 0 Å². The summed E-state index contributed by atoms with van der Waals surface area (Å²) in [5.41, 5.74) is 1.86. The van der Waals surface area contributed by atoms with Gasteiger partial charge in [0.05, 0.1) is 7.11 Å². The SMILES string of the molecule is COc1cc(CN(C)C(=O)c2cccc(Nc3ncccn3)c2)ccc1OC(F)F. The molecule has 9 heteroatoms. The Hall–Kier alpha value is -3.75. The van der Waals surface area contributed by atoms with Crippen molar-refractivity contribution in [1.29, 1.82) is 0 Å². The van der Waals surface area contributed by atoms with Crippen molar-refractivity contribution >= 4 is 17.5 Å². The average molecular weight is 414 g/mol. The molecule has 7 nitrogen and oxygen atoms in total. The summed E-state index contributed by atoms with van der Waals surface area (Å²) in [7, 11) is 3.01. The van der Waals surface area contributed by atoms with Crippen LogP contribution in [-0.4, -0.2) is 41.5 Å². The highest BCUT2D eigenvalue weighted by Gasteiger charge is 2.15. The van der Waals surface area contributed by atoms with E-state index in [1.165, 1.54) is 18.1 Å². The van der Waals surface area contributed by atoms with E-state index < -0.39 is 6.61 Å². The number of benzene rings is 2. The van der Waals surface area contributed by atoms with Gasteiger partial charge >= 0.3 is 6.61 Å². The second kappa shape index (κ2) is 9.64. The van der Waals surface area contributed by atoms with E-state index >= 15 is 0 Å².